The SMILES string of the molecule is N#Cc1c(NC(=O)COc2ccc3ccccc3c2)sc2c1CCN(Cc1ccccc1)C2. The van der Waals surface area contributed by atoms with Crippen molar-refractivity contribution in [2.75, 3.05) is 18.5 Å². The zero-order valence-corrected chi connectivity index (χ0v) is 18.9. The fourth-order valence-electron chi connectivity index (χ4n) is 4.21. The summed E-state index contributed by atoms with van der Waals surface area (Å²) in [5.41, 5.74) is 2.93. The Bertz CT molecular complexity index is 1340. The lowest BCUT2D eigenvalue weighted by Crippen LogP contribution is -2.29. The van der Waals surface area contributed by atoms with Crippen molar-refractivity contribution in [2.24, 2.45) is 0 Å². The molecule has 1 aliphatic heterocycles. The first-order valence-corrected chi connectivity index (χ1v) is 11.7. The van der Waals surface area contributed by atoms with Gasteiger partial charge in [-0.25, -0.2) is 0 Å². The van der Waals surface area contributed by atoms with Gasteiger partial charge in [0.25, 0.3) is 5.91 Å². The minimum atomic E-state index is -0.264. The van der Waals surface area contributed by atoms with Crippen LogP contribution in [0.25, 0.3) is 10.8 Å². The highest BCUT2D eigenvalue weighted by atomic mass is 32.1. The Morgan fingerprint density at radius 3 is 2.67 bits per heavy atom. The number of benzene rings is 3. The van der Waals surface area contributed by atoms with E-state index < -0.39 is 0 Å². The van der Waals surface area contributed by atoms with Gasteiger partial charge in [0.2, 0.25) is 0 Å². The smallest absolute Gasteiger partial charge is 0.262 e. The number of anilines is 1. The van der Waals surface area contributed by atoms with E-state index in [1.807, 2.05) is 48.5 Å². The minimum Gasteiger partial charge on any atom is -0.484 e. The number of ether oxygens (including phenoxy) is 1. The average Bonchev–Trinajstić information content (AvgIpc) is 3.19. The van der Waals surface area contributed by atoms with Crippen LogP contribution in [-0.2, 0) is 24.3 Å². The van der Waals surface area contributed by atoms with Crippen LogP contribution in [0.5, 0.6) is 5.75 Å². The first-order chi connectivity index (χ1) is 16.2. The van der Waals surface area contributed by atoms with Gasteiger partial charge in [0, 0.05) is 24.5 Å². The van der Waals surface area contributed by atoms with Crippen LogP contribution in [0.2, 0.25) is 0 Å². The van der Waals surface area contributed by atoms with Gasteiger partial charge in [0.1, 0.15) is 16.8 Å². The molecule has 1 amide bonds. The molecular weight excluding hydrogens is 430 g/mol. The Morgan fingerprint density at radius 2 is 1.85 bits per heavy atom. The summed E-state index contributed by atoms with van der Waals surface area (Å²) in [5, 5.41) is 15.5. The fraction of sp³-hybridized carbons (Fsp3) is 0.185. The Kier molecular flexibility index (Phi) is 6.07. The van der Waals surface area contributed by atoms with E-state index in [1.54, 1.807) is 0 Å². The summed E-state index contributed by atoms with van der Waals surface area (Å²) in [6.45, 7) is 2.45. The van der Waals surface area contributed by atoms with E-state index in [2.05, 4.69) is 40.6 Å². The molecule has 3 aromatic carbocycles. The largest absolute Gasteiger partial charge is 0.484 e. The number of nitrogens with zero attached hydrogens (tertiary/aromatic N) is 2. The van der Waals surface area contributed by atoms with Crippen molar-refractivity contribution < 1.29 is 9.53 Å². The lowest BCUT2D eigenvalue weighted by molar-refractivity contribution is -0.118. The third-order valence-electron chi connectivity index (χ3n) is 5.84. The number of nitrogens with one attached hydrogen (secondary N) is 1. The van der Waals surface area contributed by atoms with Crippen molar-refractivity contribution in [2.45, 2.75) is 19.5 Å². The maximum absolute atomic E-state index is 12.6. The molecule has 1 aliphatic rings. The topological polar surface area (TPSA) is 65.4 Å². The summed E-state index contributed by atoms with van der Waals surface area (Å²) in [4.78, 5) is 16.1. The van der Waals surface area contributed by atoms with Crippen molar-refractivity contribution in [1.82, 2.24) is 4.90 Å². The highest BCUT2D eigenvalue weighted by Crippen LogP contribution is 2.37. The lowest BCUT2D eigenvalue weighted by Gasteiger charge is -2.26. The van der Waals surface area contributed by atoms with E-state index >= 15 is 0 Å². The molecule has 0 fully saturated rings. The predicted octanol–water partition coefficient (Wildman–Crippen LogP) is 5.35. The molecule has 2 heterocycles. The third-order valence-corrected chi connectivity index (χ3v) is 6.97. The van der Waals surface area contributed by atoms with Crippen molar-refractivity contribution in [3.63, 3.8) is 0 Å². The first-order valence-electron chi connectivity index (χ1n) is 10.9. The zero-order chi connectivity index (χ0) is 22.6. The summed E-state index contributed by atoms with van der Waals surface area (Å²) in [6.07, 6.45) is 0.811. The Hall–Kier alpha value is -3.66. The average molecular weight is 454 g/mol. The Labute approximate surface area is 196 Å². The number of hydrogen-bond acceptors (Lipinski definition) is 5. The monoisotopic (exact) mass is 453 g/mol. The van der Waals surface area contributed by atoms with Crippen molar-refractivity contribution in [3.8, 4) is 11.8 Å². The van der Waals surface area contributed by atoms with Crippen LogP contribution >= 0.6 is 11.3 Å². The van der Waals surface area contributed by atoms with E-state index in [0.29, 0.717) is 16.3 Å². The lowest BCUT2D eigenvalue weighted by atomic mass is 10.0. The molecule has 0 aliphatic carbocycles. The van der Waals surface area contributed by atoms with E-state index in [0.717, 1.165) is 47.3 Å². The van der Waals surface area contributed by atoms with Crippen molar-refractivity contribution >= 4 is 33.0 Å². The fourth-order valence-corrected chi connectivity index (χ4v) is 5.46. The zero-order valence-electron chi connectivity index (χ0n) is 18.1. The number of carbonyl (C=O) groups excluding carboxylic acids is 1. The molecule has 0 saturated heterocycles. The van der Waals surface area contributed by atoms with Crippen LogP contribution < -0.4 is 10.1 Å². The molecule has 0 spiro atoms. The molecule has 6 heteroatoms. The molecule has 0 radical (unpaired) electrons. The molecule has 4 aromatic rings. The van der Waals surface area contributed by atoms with Crippen LogP contribution in [0.1, 0.15) is 21.6 Å². The molecule has 0 saturated carbocycles. The highest BCUT2D eigenvalue weighted by molar-refractivity contribution is 7.16. The minimum absolute atomic E-state index is 0.105. The number of hydrogen-bond donors (Lipinski definition) is 1. The second-order valence-corrected chi connectivity index (χ2v) is 9.22. The molecule has 1 N–H and O–H groups in total. The molecule has 0 atom stereocenters. The molecule has 33 heavy (non-hydrogen) atoms. The summed E-state index contributed by atoms with van der Waals surface area (Å²) in [5.74, 6) is 0.380. The standard InChI is InChI=1S/C27H23N3O2S/c28-15-24-23-12-13-30(16-19-6-2-1-3-7-19)17-25(23)33-27(24)29-26(31)18-32-22-11-10-20-8-4-5-9-21(20)14-22/h1-11,14H,12-13,16-18H2,(H,29,31). The van der Waals surface area contributed by atoms with Crippen LogP contribution in [0.3, 0.4) is 0 Å². The van der Waals surface area contributed by atoms with Gasteiger partial charge in [-0.05, 0) is 40.5 Å². The van der Waals surface area contributed by atoms with Crippen molar-refractivity contribution in [3.05, 3.63) is 94.4 Å². The number of nitriles is 1. The van der Waals surface area contributed by atoms with Gasteiger partial charge in [-0.1, -0.05) is 60.7 Å². The van der Waals surface area contributed by atoms with E-state index in [9.17, 15) is 10.1 Å². The molecule has 0 unspecified atom stereocenters. The first kappa shape index (κ1) is 21.2. The quantitative estimate of drug-likeness (QED) is 0.427. The van der Waals surface area contributed by atoms with E-state index in [1.165, 1.54) is 16.9 Å². The van der Waals surface area contributed by atoms with Crippen LogP contribution in [0.4, 0.5) is 5.00 Å². The number of thiophene rings is 1. The van der Waals surface area contributed by atoms with Gasteiger partial charge in [0.15, 0.2) is 6.61 Å². The number of carbonyl (C=O) groups is 1. The maximum Gasteiger partial charge on any atom is 0.262 e. The maximum atomic E-state index is 12.6. The number of rotatable bonds is 6. The molecular formula is C27H23N3O2S. The van der Waals surface area contributed by atoms with E-state index in [4.69, 9.17) is 4.74 Å². The molecule has 0 bridgehead atoms. The highest BCUT2D eigenvalue weighted by Gasteiger charge is 2.25. The third kappa shape index (κ3) is 4.75. The van der Waals surface area contributed by atoms with Gasteiger partial charge in [-0.3, -0.25) is 9.69 Å². The van der Waals surface area contributed by atoms with Crippen LogP contribution in [-0.4, -0.2) is 24.0 Å². The second kappa shape index (κ2) is 9.45. The van der Waals surface area contributed by atoms with Crippen LogP contribution in [0.15, 0.2) is 72.8 Å². The molecule has 5 nitrogen and oxygen atoms in total. The van der Waals surface area contributed by atoms with Gasteiger partial charge in [-0.15, -0.1) is 11.3 Å². The Balaban J connectivity index is 1.24. The van der Waals surface area contributed by atoms with Gasteiger partial charge >= 0.3 is 0 Å². The van der Waals surface area contributed by atoms with Crippen LogP contribution in [0, 0.1) is 11.3 Å². The second-order valence-electron chi connectivity index (χ2n) is 8.11. The van der Waals surface area contributed by atoms with Gasteiger partial charge in [-0.2, -0.15) is 5.26 Å². The predicted molar refractivity (Wildman–Crippen MR) is 131 cm³/mol. The number of amides is 1. The number of fused-ring (bicyclic) bond motifs is 2. The summed E-state index contributed by atoms with van der Waals surface area (Å²) >= 11 is 1.50. The summed E-state index contributed by atoms with van der Waals surface area (Å²) < 4.78 is 5.71. The normalized spacial score (nSPS) is 13.3. The van der Waals surface area contributed by atoms with Crippen molar-refractivity contribution in [1.29, 1.82) is 5.26 Å². The summed E-state index contributed by atoms with van der Waals surface area (Å²) in [7, 11) is 0. The summed E-state index contributed by atoms with van der Waals surface area (Å²) in [6, 6.07) is 26.5. The van der Waals surface area contributed by atoms with Gasteiger partial charge in [0.05, 0.1) is 5.56 Å². The molecule has 164 valence electrons. The van der Waals surface area contributed by atoms with Gasteiger partial charge < -0.3 is 10.1 Å². The molecule has 5 rings (SSSR count). The molecule has 1 aromatic heterocycles. The Morgan fingerprint density at radius 1 is 1.06 bits per heavy atom. The van der Waals surface area contributed by atoms with E-state index in [-0.39, 0.29) is 12.5 Å².